The molecule has 1 heterocycles. The molecule has 0 saturated carbocycles. The number of hydrogen-bond donors (Lipinski definition) is 2. The molecule has 1 aromatic heterocycles. The fourth-order valence-electron chi connectivity index (χ4n) is 2.26. The molecule has 1 unspecified atom stereocenters. The SMILES string of the molecule is CC(C)Cn1ncnc1CC(Cc1ccc(Br)cc1)NN. The summed E-state index contributed by atoms with van der Waals surface area (Å²) in [7, 11) is 0. The van der Waals surface area contributed by atoms with Gasteiger partial charge in [0.2, 0.25) is 0 Å². The van der Waals surface area contributed by atoms with E-state index in [2.05, 4.69) is 57.4 Å². The lowest BCUT2D eigenvalue weighted by molar-refractivity contribution is 0.441. The van der Waals surface area contributed by atoms with E-state index in [9.17, 15) is 0 Å². The van der Waals surface area contributed by atoms with Crippen molar-refractivity contribution >= 4 is 15.9 Å². The first-order chi connectivity index (χ1) is 10.1. The minimum Gasteiger partial charge on any atom is -0.271 e. The second kappa shape index (κ2) is 7.68. The summed E-state index contributed by atoms with van der Waals surface area (Å²) in [6.45, 7) is 5.23. The van der Waals surface area contributed by atoms with E-state index < -0.39 is 0 Å². The van der Waals surface area contributed by atoms with Gasteiger partial charge in [-0.05, 0) is 30.0 Å². The van der Waals surface area contributed by atoms with Crippen LogP contribution in [0.2, 0.25) is 0 Å². The molecule has 2 aromatic rings. The molecular weight excluding hydrogens is 330 g/mol. The van der Waals surface area contributed by atoms with Crippen LogP contribution in [0.25, 0.3) is 0 Å². The summed E-state index contributed by atoms with van der Waals surface area (Å²) in [6.07, 6.45) is 3.24. The monoisotopic (exact) mass is 351 g/mol. The molecule has 1 aromatic carbocycles. The fourth-order valence-corrected chi connectivity index (χ4v) is 2.52. The zero-order valence-electron chi connectivity index (χ0n) is 12.5. The maximum atomic E-state index is 5.70. The van der Waals surface area contributed by atoms with Crippen LogP contribution in [-0.4, -0.2) is 20.8 Å². The predicted octanol–water partition coefficient (Wildman–Crippen LogP) is 2.31. The van der Waals surface area contributed by atoms with Gasteiger partial charge in [-0.25, -0.2) is 9.67 Å². The van der Waals surface area contributed by atoms with E-state index in [0.717, 1.165) is 29.7 Å². The largest absolute Gasteiger partial charge is 0.271 e. The van der Waals surface area contributed by atoms with E-state index in [4.69, 9.17) is 5.84 Å². The molecule has 1 atom stereocenters. The van der Waals surface area contributed by atoms with Crippen LogP contribution in [-0.2, 0) is 19.4 Å². The van der Waals surface area contributed by atoms with Gasteiger partial charge >= 0.3 is 0 Å². The lowest BCUT2D eigenvalue weighted by Crippen LogP contribution is -2.39. The third-order valence-corrected chi connectivity index (χ3v) is 3.82. The van der Waals surface area contributed by atoms with Gasteiger partial charge in [0.1, 0.15) is 12.2 Å². The number of halogens is 1. The Labute approximate surface area is 134 Å². The Morgan fingerprint density at radius 1 is 1.24 bits per heavy atom. The lowest BCUT2D eigenvalue weighted by Gasteiger charge is -2.16. The molecule has 2 rings (SSSR count). The highest BCUT2D eigenvalue weighted by atomic mass is 79.9. The number of nitrogens with two attached hydrogens (primary N) is 1. The molecule has 5 nitrogen and oxygen atoms in total. The van der Waals surface area contributed by atoms with E-state index in [1.165, 1.54) is 5.56 Å². The Morgan fingerprint density at radius 2 is 1.95 bits per heavy atom. The van der Waals surface area contributed by atoms with E-state index in [0.29, 0.717) is 5.92 Å². The average Bonchev–Trinajstić information content (AvgIpc) is 2.87. The van der Waals surface area contributed by atoms with Crippen LogP contribution in [0.3, 0.4) is 0 Å². The molecule has 114 valence electrons. The fraction of sp³-hybridized carbons (Fsp3) is 0.467. The molecule has 0 aliphatic rings. The molecule has 6 heteroatoms. The van der Waals surface area contributed by atoms with Crippen LogP contribution in [0.15, 0.2) is 35.1 Å². The molecule has 0 aliphatic heterocycles. The summed E-state index contributed by atoms with van der Waals surface area (Å²) in [6, 6.07) is 8.44. The highest BCUT2D eigenvalue weighted by molar-refractivity contribution is 9.10. The van der Waals surface area contributed by atoms with Crippen LogP contribution in [0.1, 0.15) is 25.2 Å². The number of benzene rings is 1. The van der Waals surface area contributed by atoms with Crippen molar-refractivity contribution in [2.75, 3.05) is 0 Å². The van der Waals surface area contributed by atoms with Crippen molar-refractivity contribution < 1.29 is 0 Å². The van der Waals surface area contributed by atoms with E-state index >= 15 is 0 Å². The Morgan fingerprint density at radius 3 is 2.57 bits per heavy atom. The maximum absolute atomic E-state index is 5.70. The van der Waals surface area contributed by atoms with Gasteiger partial charge in [0.15, 0.2) is 0 Å². The first-order valence-electron chi connectivity index (χ1n) is 7.15. The molecule has 0 radical (unpaired) electrons. The predicted molar refractivity (Wildman–Crippen MR) is 87.5 cm³/mol. The Bertz CT molecular complexity index is 549. The van der Waals surface area contributed by atoms with Crippen molar-refractivity contribution in [3.63, 3.8) is 0 Å². The highest BCUT2D eigenvalue weighted by Crippen LogP contribution is 2.13. The Hall–Kier alpha value is -1.24. The minimum atomic E-state index is 0.140. The molecule has 0 fully saturated rings. The van der Waals surface area contributed by atoms with Crippen molar-refractivity contribution in [1.29, 1.82) is 0 Å². The van der Waals surface area contributed by atoms with Crippen LogP contribution in [0, 0.1) is 5.92 Å². The molecule has 21 heavy (non-hydrogen) atoms. The molecule has 0 saturated heterocycles. The van der Waals surface area contributed by atoms with Gasteiger partial charge in [0.05, 0.1) is 0 Å². The number of aromatic nitrogens is 3. The van der Waals surface area contributed by atoms with Gasteiger partial charge < -0.3 is 0 Å². The zero-order chi connectivity index (χ0) is 15.2. The topological polar surface area (TPSA) is 68.8 Å². The molecule has 0 amide bonds. The van der Waals surface area contributed by atoms with Crippen molar-refractivity contribution in [2.24, 2.45) is 11.8 Å². The van der Waals surface area contributed by atoms with E-state index in [1.807, 2.05) is 16.8 Å². The third kappa shape index (κ3) is 4.91. The number of nitrogens with zero attached hydrogens (tertiary/aromatic N) is 3. The molecular formula is C15H22BrN5. The van der Waals surface area contributed by atoms with Crippen LogP contribution in [0.4, 0.5) is 0 Å². The third-order valence-electron chi connectivity index (χ3n) is 3.29. The average molecular weight is 352 g/mol. The van der Waals surface area contributed by atoms with Crippen molar-refractivity contribution in [2.45, 2.75) is 39.3 Å². The van der Waals surface area contributed by atoms with Gasteiger partial charge in [-0.2, -0.15) is 5.10 Å². The Balaban J connectivity index is 2.02. The first kappa shape index (κ1) is 16.1. The van der Waals surface area contributed by atoms with Gasteiger partial charge in [0.25, 0.3) is 0 Å². The summed E-state index contributed by atoms with van der Waals surface area (Å²) in [5, 5.41) is 4.29. The second-order valence-corrected chi connectivity index (χ2v) is 6.57. The van der Waals surface area contributed by atoms with Crippen molar-refractivity contribution in [1.82, 2.24) is 20.2 Å². The van der Waals surface area contributed by atoms with Crippen LogP contribution >= 0.6 is 15.9 Å². The smallest absolute Gasteiger partial charge is 0.138 e. The standard InChI is InChI=1S/C15H22BrN5/c1-11(2)9-21-15(18-10-19-21)8-14(20-17)7-12-3-5-13(16)6-4-12/h3-6,10-11,14,20H,7-9,17H2,1-2H3. The maximum Gasteiger partial charge on any atom is 0.138 e. The summed E-state index contributed by atoms with van der Waals surface area (Å²) in [4.78, 5) is 4.36. The van der Waals surface area contributed by atoms with E-state index in [1.54, 1.807) is 6.33 Å². The van der Waals surface area contributed by atoms with Gasteiger partial charge in [-0.1, -0.05) is 41.9 Å². The van der Waals surface area contributed by atoms with E-state index in [-0.39, 0.29) is 6.04 Å². The summed E-state index contributed by atoms with van der Waals surface area (Å²) < 4.78 is 3.05. The minimum absolute atomic E-state index is 0.140. The van der Waals surface area contributed by atoms with Crippen LogP contribution < -0.4 is 11.3 Å². The number of nitrogens with one attached hydrogen (secondary N) is 1. The number of rotatable bonds is 7. The number of hydrazine groups is 1. The van der Waals surface area contributed by atoms with Gasteiger partial charge in [-0.15, -0.1) is 0 Å². The summed E-state index contributed by atoms with van der Waals surface area (Å²) in [5.41, 5.74) is 4.14. The first-order valence-corrected chi connectivity index (χ1v) is 7.95. The molecule has 0 bridgehead atoms. The van der Waals surface area contributed by atoms with Gasteiger partial charge in [-0.3, -0.25) is 11.3 Å². The van der Waals surface area contributed by atoms with Gasteiger partial charge in [0, 0.05) is 23.5 Å². The molecule has 3 N–H and O–H groups in total. The summed E-state index contributed by atoms with van der Waals surface area (Å²) in [5.74, 6) is 7.22. The van der Waals surface area contributed by atoms with Crippen molar-refractivity contribution in [3.05, 3.63) is 46.5 Å². The normalized spacial score (nSPS) is 12.8. The molecule has 0 aliphatic carbocycles. The zero-order valence-corrected chi connectivity index (χ0v) is 14.0. The second-order valence-electron chi connectivity index (χ2n) is 5.65. The molecule has 0 spiro atoms. The quantitative estimate of drug-likeness (QED) is 0.593. The Kier molecular flexibility index (Phi) is 5.90. The number of hydrogen-bond acceptors (Lipinski definition) is 4. The highest BCUT2D eigenvalue weighted by Gasteiger charge is 2.14. The summed E-state index contributed by atoms with van der Waals surface area (Å²) >= 11 is 3.45. The lowest BCUT2D eigenvalue weighted by atomic mass is 10.0. The van der Waals surface area contributed by atoms with Crippen molar-refractivity contribution in [3.8, 4) is 0 Å². The van der Waals surface area contributed by atoms with Crippen LogP contribution in [0.5, 0.6) is 0 Å².